The maximum Gasteiger partial charge on any atom is 0.414 e. The van der Waals surface area contributed by atoms with Gasteiger partial charge in [0.2, 0.25) is 5.91 Å². The molecule has 21 heavy (non-hydrogen) atoms. The van der Waals surface area contributed by atoms with E-state index in [9.17, 15) is 14.7 Å². The van der Waals surface area contributed by atoms with Crippen molar-refractivity contribution >= 4 is 23.6 Å². The van der Waals surface area contributed by atoms with Gasteiger partial charge in [0.15, 0.2) is 0 Å². The smallest absolute Gasteiger partial charge is 0.414 e. The molecule has 3 fully saturated rings. The van der Waals surface area contributed by atoms with Crippen molar-refractivity contribution in [3.8, 4) is 0 Å². The maximum atomic E-state index is 11.6. The van der Waals surface area contributed by atoms with E-state index in [-0.39, 0.29) is 12.3 Å². The zero-order valence-electron chi connectivity index (χ0n) is 11.7. The van der Waals surface area contributed by atoms with Crippen LogP contribution >= 0.6 is 11.6 Å². The number of aliphatic hydroxyl groups is 1. The normalized spacial score (nSPS) is 44.2. The van der Waals surface area contributed by atoms with E-state index in [4.69, 9.17) is 25.8 Å². The average Bonchev–Trinajstić information content (AvgIpc) is 3.32. The fraction of sp³-hybridized carbons (Fsp3) is 0.846. The lowest BCUT2D eigenvalue weighted by atomic mass is 9.67. The van der Waals surface area contributed by atoms with Gasteiger partial charge in [-0.25, -0.2) is 4.79 Å². The van der Waals surface area contributed by atoms with Crippen molar-refractivity contribution in [2.75, 3.05) is 19.1 Å². The molecule has 2 heterocycles. The Bertz CT molecular complexity index is 475. The Kier molecular flexibility index (Phi) is 3.44. The molecular weight excluding hydrogens is 302 g/mol. The van der Waals surface area contributed by atoms with Crippen LogP contribution in [0.25, 0.3) is 0 Å². The van der Waals surface area contributed by atoms with Gasteiger partial charge in [-0.05, 0) is 19.8 Å². The van der Waals surface area contributed by atoms with Crippen molar-refractivity contribution in [3.63, 3.8) is 0 Å². The van der Waals surface area contributed by atoms with Gasteiger partial charge in [-0.2, -0.15) is 0 Å². The number of hydrogen-bond donors (Lipinski definition) is 2. The highest BCUT2D eigenvalue weighted by Gasteiger charge is 2.74. The zero-order chi connectivity index (χ0) is 15.3. The van der Waals surface area contributed by atoms with Crippen molar-refractivity contribution in [2.45, 2.75) is 49.1 Å². The first-order valence-corrected chi connectivity index (χ1v) is 7.44. The Labute approximate surface area is 126 Å². The minimum Gasteiger partial charge on any atom is -0.446 e. The van der Waals surface area contributed by atoms with Crippen LogP contribution in [0.3, 0.4) is 0 Å². The Morgan fingerprint density at radius 2 is 2.10 bits per heavy atom. The predicted octanol–water partition coefficient (Wildman–Crippen LogP) is 0.319. The predicted molar refractivity (Wildman–Crippen MR) is 71.0 cm³/mol. The van der Waals surface area contributed by atoms with Gasteiger partial charge in [0, 0.05) is 6.42 Å². The van der Waals surface area contributed by atoms with E-state index >= 15 is 0 Å². The lowest BCUT2D eigenvalue weighted by Crippen LogP contribution is -2.61. The number of rotatable bonds is 3. The molecule has 3 rings (SSSR count). The van der Waals surface area contributed by atoms with Crippen molar-refractivity contribution in [1.82, 2.24) is 5.32 Å². The van der Waals surface area contributed by atoms with E-state index in [0.29, 0.717) is 26.1 Å². The molecule has 8 heteroatoms. The standard InChI is InChI=1S/C13H18ClNO6/c1-11(6-19-11)13(18)4-8(2-3-12(13)7-20-12)21-10(17)15-9(16)5-14/h8,18H,2-7H2,1H3,(H,15,16,17)/t8-,11?,12?,13?/m1/s1. The summed E-state index contributed by atoms with van der Waals surface area (Å²) in [7, 11) is 0. The molecule has 2 amide bonds. The number of alkyl carbamates (subject to hydrolysis) is 1. The summed E-state index contributed by atoms with van der Waals surface area (Å²) >= 11 is 5.31. The zero-order valence-corrected chi connectivity index (χ0v) is 12.4. The molecule has 0 aromatic heterocycles. The Morgan fingerprint density at radius 3 is 2.62 bits per heavy atom. The van der Waals surface area contributed by atoms with Crippen molar-refractivity contribution in [3.05, 3.63) is 0 Å². The molecule has 2 aliphatic heterocycles. The highest BCUT2D eigenvalue weighted by molar-refractivity contribution is 6.28. The molecule has 2 N–H and O–H groups in total. The second-order valence-corrected chi connectivity index (χ2v) is 6.38. The van der Waals surface area contributed by atoms with Crippen molar-refractivity contribution < 1.29 is 28.9 Å². The number of carbonyl (C=O) groups is 2. The van der Waals surface area contributed by atoms with Crippen LogP contribution in [-0.4, -0.2) is 59.1 Å². The summed E-state index contributed by atoms with van der Waals surface area (Å²) in [6, 6.07) is 0. The van der Waals surface area contributed by atoms with Gasteiger partial charge >= 0.3 is 6.09 Å². The average molecular weight is 320 g/mol. The van der Waals surface area contributed by atoms with Crippen LogP contribution in [0.4, 0.5) is 4.79 Å². The van der Waals surface area contributed by atoms with E-state index in [2.05, 4.69) is 0 Å². The Hall–Kier alpha value is -0.890. The minimum absolute atomic E-state index is 0.228. The van der Waals surface area contributed by atoms with Crippen LogP contribution in [0.2, 0.25) is 0 Å². The fourth-order valence-corrected chi connectivity index (χ4v) is 3.23. The number of nitrogens with one attached hydrogen (secondary N) is 1. The molecule has 1 saturated carbocycles. The maximum absolute atomic E-state index is 11.6. The number of epoxide rings is 2. The van der Waals surface area contributed by atoms with Gasteiger partial charge in [-0.3, -0.25) is 10.1 Å². The number of ether oxygens (including phenoxy) is 3. The summed E-state index contributed by atoms with van der Waals surface area (Å²) in [5, 5.41) is 13.0. The third kappa shape index (κ3) is 2.42. The number of alkyl halides is 1. The highest BCUT2D eigenvalue weighted by atomic mass is 35.5. The highest BCUT2D eigenvalue weighted by Crippen LogP contribution is 2.58. The third-order valence-corrected chi connectivity index (χ3v) is 4.97. The van der Waals surface area contributed by atoms with Gasteiger partial charge in [-0.15, -0.1) is 11.6 Å². The van der Waals surface area contributed by atoms with Gasteiger partial charge in [0.25, 0.3) is 0 Å². The molecule has 0 aromatic rings. The summed E-state index contributed by atoms with van der Waals surface area (Å²) in [6.07, 6.45) is 0.0491. The molecule has 0 bridgehead atoms. The topological polar surface area (TPSA) is 101 Å². The molecule has 2 saturated heterocycles. The number of amides is 2. The Morgan fingerprint density at radius 1 is 1.43 bits per heavy atom. The summed E-state index contributed by atoms with van der Waals surface area (Å²) in [4.78, 5) is 22.6. The summed E-state index contributed by atoms with van der Waals surface area (Å²) in [5.74, 6) is -0.931. The van der Waals surface area contributed by atoms with E-state index in [1.165, 1.54) is 0 Å². The molecule has 4 atom stereocenters. The lowest BCUT2D eigenvalue weighted by molar-refractivity contribution is -0.142. The van der Waals surface area contributed by atoms with Gasteiger partial charge in [0.05, 0.1) is 13.2 Å². The van der Waals surface area contributed by atoms with Gasteiger partial charge in [0.1, 0.15) is 28.8 Å². The minimum atomic E-state index is -1.18. The molecule has 118 valence electrons. The third-order valence-electron chi connectivity index (χ3n) is 4.73. The molecule has 0 radical (unpaired) electrons. The van der Waals surface area contributed by atoms with Crippen LogP contribution in [-0.2, 0) is 19.0 Å². The fourth-order valence-electron chi connectivity index (χ4n) is 3.16. The van der Waals surface area contributed by atoms with Crippen molar-refractivity contribution in [1.29, 1.82) is 0 Å². The molecule has 3 unspecified atom stereocenters. The van der Waals surface area contributed by atoms with Gasteiger partial charge in [-0.1, -0.05) is 0 Å². The second kappa shape index (κ2) is 4.81. The lowest BCUT2D eigenvalue weighted by Gasteiger charge is -2.43. The first kappa shape index (κ1) is 15.0. The van der Waals surface area contributed by atoms with E-state index in [1.807, 2.05) is 12.2 Å². The molecular formula is C13H18ClNO6. The van der Waals surface area contributed by atoms with Crippen LogP contribution in [0.1, 0.15) is 26.2 Å². The summed E-state index contributed by atoms with van der Waals surface area (Å²) in [6.45, 7) is 2.78. The van der Waals surface area contributed by atoms with Crippen LogP contribution in [0.5, 0.6) is 0 Å². The van der Waals surface area contributed by atoms with Crippen molar-refractivity contribution in [2.24, 2.45) is 0 Å². The van der Waals surface area contributed by atoms with Crippen LogP contribution < -0.4 is 5.32 Å². The van der Waals surface area contributed by atoms with Gasteiger partial charge < -0.3 is 19.3 Å². The summed E-state index contributed by atoms with van der Waals surface area (Å²) in [5.41, 5.74) is -2.42. The SMILES string of the molecule is CC1(C2(O)C[C@H](OC(=O)NC(=O)CCl)CCC23CO3)CO1. The number of carbonyl (C=O) groups excluding carboxylic acids is 2. The first-order valence-electron chi connectivity index (χ1n) is 6.91. The quantitative estimate of drug-likeness (QED) is 0.574. The second-order valence-electron chi connectivity index (χ2n) is 6.11. The molecule has 1 spiro atoms. The van der Waals surface area contributed by atoms with Crippen LogP contribution in [0, 0.1) is 0 Å². The van der Waals surface area contributed by atoms with E-state index in [0.717, 1.165) is 0 Å². The monoisotopic (exact) mass is 319 g/mol. The largest absolute Gasteiger partial charge is 0.446 e. The molecule has 0 aromatic carbocycles. The van der Waals surface area contributed by atoms with E-state index in [1.54, 1.807) is 0 Å². The number of imide groups is 1. The van der Waals surface area contributed by atoms with E-state index < -0.39 is 34.9 Å². The molecule has 7 nitrogen and oxygen atoms in total. The number of halogens is 1. The summed E-state index contributed by atoms with van der Waals surface area (Å²) < 4.78 is 16.1. The Balaban J connectivity index is 1.64. The number of hydrogen-bond acceptors (Lipinski definition) is 6. The first-order chi connectivity index (χ1) is 9.84. The molecule has 3 aliphatic rings. The molecule has 1 aliphatic carbocycles. The van der Waals surface area contributed by atoms with Crippen LogP contribution in [0.15, 0.2) is 0 Å².